The minimum atomic E-state index is -1.32. The predicted molar refractivity (Wildman–Crippen MR) is 215 cm³/mol. The number of allylic oxidation sites excluding steroid dienone is 1. The summed E-state index contributed by atoms with van der Waals surface area (Å²) in [7, 11) is 1.64. The van der Waals surface area contributed by atoms with E-state index in [0.29, 0.717) is 23.8 Å². The molecule has 0 spiro atoms. The van der Waals surface area contributed by atoms with Crippen LogP contribution in [0.4, 0.5) is 5.82 Å². The lowest BCUT2D eigenvalue weighted by Gasteiger charge is -2.19. The SMILES string of the molecule is COc1ccc(C2=N/C(=N\c3[nH]c4c(c3-c3ccccc3)CCc3cc(OCC(=O)N[C@@H](CCC(=O)O)C(=O)O)ccc3-4)C(c3ccccc3)=C2I)cc1. The summed E-state index contributed by atoms with van der Waals surface area (Å²) in [6, 6.07) is 32.5. The Hall–Kier alpha value is -6.02. The third-order valence-corrected chi connectivity index (χ3v) is 10.3. The van der Waals surface area contributed by atoms with Crippen molar-refractivity contribution < 1.29 is 34.1 Å². The Morgan fingerprint density at radius 2 is 1.57 bits per heavy atom. The Kier molecular flexibility index (Phi) is 10.7. The first-order chi connectivity index (χ1) is 26.2. The van der Waals surface area contributed by atoms with Gasteiger partial charge in [0.05, 0.1) is 22.1 Å². The molecule has 272 valence electrons. The lowest BCUT2D eigenvalue weighted by atomic mass is 9.87. The van der Waals surface area contributed by atoms with E-state index in [4.69, 9.17) is 24.6 Å². The van der Waals surface area contributed by atoms with E-state index >= 15 is 0 Å². The van der Waals surface area contributed by atoms with E-state index in [1.165, 1.54) is 0 Å². The lowest BCUT2D eigenvalue weighted by molar-refractivity contribution is -0.143. The van der Waals surface area contributed by atoms with Crippen molar-refractivity contribution in [3.8, 4) is 33.9 Å². The number of carbonyl (C=O) groups is 3. The van der Waals surface area contributed by atoms with Crippen LogP contribution in [0.25, 0.3) is 28.0 Å². The van der Waals surface area contributed by atoms with Gasteiger partial charge in [-0.3, -0.25) is 9.59 Å². The highest BCUT2D eigenvalue weighted by Gasteiger charge is 2.30. The van der Waals surface area contributed by atoms with E-state index in [0.717, 1.165) is 71.7 Å². The zero-order chi connectivity index (χ0) is 37.8. The first-order valence-electron chi connectivity index (χ1n) is 17.3. The van der Waals surface area contributed by atoms with Gasteiger partial charge in [-0.2, -0.15) is 0 Å². The minimum absolute atomic E-state index is 0.231. The quantitative estimate of drug-likeness (QED) is 0.0886. The normalized spacial score (nSPS) is 14.6. The third kappa shape index (κ3) is 7.69. The van der Waals surface area contributed by atoms with E-state index < -0.39 is 30.5 Å². The molecule has 0 radical (unpaired) electrons. The molecule has 0 saturated carbocycles. The van der Waals surface area contributed by atoms with Crippen LogP contribution in [0, 0.1) is 0 Å². The molecule has 0 bridgehead atoms. The first-order valence-corrected chi connectivity index (χ1v) is 18.4. The second-order valence-corrected chi connectivity index (χ2v) is 13.8. The van der Waals surface area contributed by atoms with Crippen molar-refractivity contribution in [1.82, 2.24) is 10.3 Å². The summed E-state index contributed by atoms with van der Waals surface area (Å²) in [5, 5.41) is 20.6. The van der Waals surface area contributed by atoms with Crippen molar-refractivity contribution in [3.05, 3.63) is 129 Å². The maximum atomic E-state index is 12.5. The van der Waals surface area contributed by atoms with Crippen LogP contribution in [0.1, 0.15) is 35.1 Å². The standard InChI is InChI=1S/C42H35IN4O7/c1-53-28-15-12-26(13-16-28)38-37(43)36(25-10-6-3-7-11-25)41(45-38)47-40-35(24-8-4-2-5-9-24)31-18-14-27-22-29(17-19-30(27)39(31)46-40)54-23-33(48)44-32(42(51)52)20-21-34(49)50/h2-13,15-17,19,22,32,46H,14,18,20-21,23H2,1H3,(H,44,48)(H,49,50)(H,51,52)/b47-41-/t32-/m0/s1. The van der Waals surface area contributed by atoms with Gasteiger partial charge in [0.1, 0.15) is 23.4 Å². The van der Waals surface area contributed by atoms with E-state index in [-0.39, 0.29) is 12.8 Å². The maximum absolute atomic E-state index is 12.5. The first kappa shape index (κ1) is 36.3. The fraction of sp³-hybridized carbons (Fsp3) is 0.167. The Morgan fingerprint density at radius 1 is 0.889 bits per heavy atom. The summed E-state index contributed by atoms with van der Waals surface area (Å²) >= 11 is 2.37. The maximum Gasteiger partial charge on any atom is 0.326 e. The number of methoxy groups -OCH3 is 1. The number of amidine groups is 1. The van der Waals surface area contributed by atoms with Gasteiger partial charge in [0.15, 0.2) is 12.4 Å². The van der Waals surface area contributed by atoms with Gasteiger partial charge in [-0.1, -0.05) is 60.7 Å². The number of halogens is 1. The number of H-pyrrole nitrogens is 1. The summed E-state index contributed by atoms with van der Waals surface area (Å²) in [4.78, 5) is 49.0. The Bertz CT molecular complexity index is 2330. The van der Waals surface area contributed by atoms with Gasteiger partial charge in [0, 0.05) is 28.7 Å². The van der Waals surface area contributed by atoms with E-state index in [1.54, 1.807) is 13.2 Å². The van der Waals surface area contributed by atoms with Crippen molar-refractivity contribution in [2.45, 2.75) is 31.7 Å². The van der Waals surface area contributed by atoms with Crippen LogP contribution in [0.2, 0.25) is 0 Å². The van der Waals surface area contributed by atoms with Crippen LogP contribution < -0.4 is 14.8 Å². The smallest absolute Gasteiger partial charge is 0.326 e. The highest BCUT2D eigenvalue weighted by atomic mass is 127. The number of aliphatic carboxylic acids is 2. The molecular weight excluding hydrogens is 799 g/mol. The Balaban J connectivity index is 1.23. The molecule has 4 N–H and O–H groups in total. The number of carbonyl (C=O) groups excluding carboxylic acids is 1. The number of nitrogens with one attached hydrogen (secondary N) is 2. The lowest BCUT2D eigenvalue weighted by Crippen LogP contribution is -2.43. The number of carboxylic acids is 2. The van der Waals surface area contributed by atoms with Crippen LogP contribution in [0.15, 0.2) is 117 Å². The molecule has 1 aliphatic heterocycles. The van der Waals surface area contributed by atoms with Gasteiger partial charge in [-0.15, -0.1) is 0 Å². The number of fused-ring (bicyclic) bond motifs is 3. The highest BCUT2D eigenvalue weighted by molar-refractivity contribution is 14.1. The average molecular weight is 835 g/mol. The van der Waals surface area contributed by atoms with Crippen LogP contribution in [-0.4, -0.2) is 64.3 Å². The predicted octanol–water partition coefficient (Wildman–Crippen LogP) is 7.65. The number of hydrogen-bond donors (Lipinski definition) is 4. The van der Waals surface area contributed by atoms with Gasteiger partial charge in [-0.05, 0) is 107 Å². The van der Waals surface area contributed by atoms with Gasteiger partial charge >= 0.3 is 11.9 Å². The number of hydrogen-bond acceptors (Lipinski definition) is 6. The number of ether oxygens (including phenoxy) is 2. The molecule has 5 aromatic rings. The number of benzene rings is 4. The number of rotatable bonds is 13. The minimum Gasteiger partial charge on any atom is -0.497 e. The van der Waals surface area contributed by atoms with Crippen molar-refractivity contribution in [2.24, 2.45) is 9.98 Å². The summed E-state index contributed by atoms with van der Waals surface area (Å²) in [5.41, 5.74) is 9.86. The van der Waals surface area contributed by atoms with E-state index in [1.807, 2.05) is 72.8 Å². The number of amides is 1. The summed E-state index contributed by atoms with van der Waals surface area (Å²) in [5.74, 6) is -0.589. The molecule has 0 unspecified atom stereocenters. The number of aromatic nitrogens is 1. The van der Waals surface area contributed by atoms with E-state index in [2.05, 4.69) is 57.2 Å². The fourth-order valence-corrected chi connectivity index (χ4v) is 7.68. The molecule has 4 aromatic carbocycles. The summed E-state index contributed by atoms with van der Waals surface area (Å²) in [6.07, 6.45) is 0.821. The zero-order valence-corrected chi connectivity index (χ0v) is 31.3. The molecule has 1 atom stereocenters. The van der Waals surface area contributed by atoms with E-state index in [9.17, 15) is 19.5 Å². The number of aromatic amines is 1. The van der Waals surface area contributed by atoms with Gasteiger partial charge in [0.25, 0.3) is 5.91 Å². The molecule has 1 aromatic heterocycles. The Morgan fingerprint density at radius 3 is 2.24 bits per heavy atom. The van der Waals surface area contributed by atoms with Crippen molar-refractivity contribution in [3.63, 3.8) is 0 Å². The van der Waals surface area contributed by atoms with Gasteiger partial charge < -0.3 is 30.0 Å². The molecule has 7 rings (SSSR count). The fourth-order valence-electron chi connectivity index (χ4n) is 6.70. The topological polar surface area (TPSA) is 163 Å². The second-order valence-electron chi connectivity index (χ2n) is 12.7. The molecule has 2 heterocycles. The van der Waals surface area contributed by atoms with Gasteiger partial charge in [-0.25, -0.2) is 14.8 Å². The van der Waals surface area contributed by atoms with Crippen LogP contribution in [0.3, 0.4) is 0 Å². The van der Waals surface area contributed by atoms with Crippen LogP contribution >= 0.6 is 22.6 Å². The average Bonchev–Trinajstić information content (AvgIpc) is 3.72. The number of nitrogens with zero attached hydrogens (tertiary/aromatic N) is 2. The van der Waals surface area contributed by atoms with Crippen molar-refractivity contribution in [2.75, 3.05) is 13.7 Å². The van der Waals surface area contributed by atoms with Crippen molar-refractivity contribution in [1.29, 1.82) is 0 Å². The van der Waals surface area contributed by atoms with Crippen LogP contribution in [-0.2, 0) is 27.2 Å². The summed E-state index contributed by atoms with van der Waals surface area (Å²) in [6.45, 7) is -0.418. The number of carboxylic acid groups (broad SMARTS) is 2. The highest BCUT2D eigenvalue weighted by Crippen LogP contribution is 2.46. The molecule has 1 aliphatic carbocycles. The molecule has 0 saturated heterocycles. The number of aryl methyl sites for hydroxylation is 1. The molecule has 2 aliphatic rings. The van der Waals surface area contributed by atoms with Crippen molar-refractivity contribution >= 4 is 63.4 Å². The zero-order valence-electron chi connectivity index (χ0n) is 29.1. The third-order valence-electron chi connectivity index (χ3n) is 9.30. The van der Waals surface area contributed by atoms with Gasteiger partial charge in [0.2, 0.25) is 0 Å². The molecule has 11 nitrogen and oxygen atoms in total. The second kappa shape index (κ2) is 15.9. The van der Waals surface area contributed by atoms with Crippen LogP contribution in [0.5, 0.6) is 11.5 Å². The largest absolute Gasteiger partial charge is 0.497 e. The summed E-state index contributed by atoms with van der Waals surface area (Å²) < 4.78 is 12.1. The monoisotopic (exact) mass is 834 g/mol. The Labute approximate surface area is 324 Å². The molecule has 0 fully saturated rings. The molecule has 12 heteroatoms. The molecular formula is C42H35IN4O7. The number of aliphatic imine (C=N–C) groups is 2. The molecule has 1 amide bonds. The molecule has 54 heavy (non-hydrogen) atoms.